The minimum atomic E-state index is 0.508. The summed E-state index contributed by atoms with van der Waals surface area (Å²) in [4.78, 5) is 12.9. The van der Waals surface area contributed by atoms with E-state index in [2.05, 4.69) is 27.9 Å². The van der Waals surface area contributed by atoms with Gasteiger partial charge in [0, 0.05) is 18.0 Å². The molecule has 2 aromatic rings. The van der Waals surface area contributed by atoms with Crippen molar-refractivity contribution in [2.45, 2.75) is 22.9 Å². The number of rotatable bonds is 4. The second kappa shape index (κ2) is 6.06. The molecule has 2 N–H and O–H groups in total. The molecule has 4 nitrogen and oxygen atoms in total. The van der Waals surface area contributed by atoms with Gasteiger partial charge in [0.05, 0.1) is 5.69 Å². The molecule has 2 heterocycles. The summed E-state index contributed by atoms with van der Waals surface area (Å²) in [6.07, 6.45) is 3.79. The van der Waals surface area contributed by atoms with Gasteiger partial charge in [0.15, 0.2) is 5.16 Å². The van der Waals surface area contributed by atoms with E-state index in [9.17, 15) is 0 Å². The number of nitrogen functional groups attached to an aromatic ring is 1. The summed E-state index contributed by atoms with van der Waals surface area (Å²) in [5, 5.41) is 1.59. The van der Waals surface area contributed by atoms with E-state index in [1.807, 2.05) is 18.5 Å². The van der Waals surface area contributed by atoms with Crippen LogP contribution in [0, 0.1) is 6.92 Å². The van der Waals surface area contributed by atoms with Crippen LogP contribution < -0.4 is 5.73 Å². The van der Waals surface area contributed by atoms with Gasteiger partial charge in [-0.1, -0.05) is 11.8 Å². The van der Waals surface area contributed by atoms with Crippen molar-refractivity contribution in [2.24, 2.45) is 0 Å². The molecule has 0 saturated carbocycles. The molecule has 0 radical (unpaired) electrons. The Morgan fingerprint density at radius 1 is 1.28 bits per heavy atom. The smallest absolute Gasteiger partial charge is 0.190 e. The third kappa shape index (κ3) is 3.61. The normalized spacial score (nSPS) is 10.6. The number of nitrogens with zero attached hydrogens (tertiary/aromatic N) is 3. The molecular weight excluding hydrogens is 264 g/mol. The Morgan fingerprint density at radius 2 is 2.11 bits per heavy atom. The van der Waals surface area contributed by atoms with Crippen molar-refractivity contribution in [3.63, 3.8) is 0 Å². The number of pyridine rings is 1. The summed E-state index contributed by atoms with van der Waals surface area (Å²) in [6, 6.07) is 5.82. The van der Waals surface area contributed by atoms with Crippen LogP contribution >= 0.6 is 23.5 Å². The standard InChI is InChI=1S/C12H14N4S2/c1-8-3-4-14-9(5-8)7-18-12-15-10(13)6-11(16-12)17-2/h3-6H,7H2,1-2H3,(H2,13,15,16). The van der Waals surface area contributed by atoms with E-state index in [0.29, 0.717) is 11.0 Å². The van der Waals surface area contributed by atoms with Gasteiger partial charge in [0.2, 0.25) is 0 Å². The van der Waals surface area contributed by atoms with E-state index in [1.54, 1.807) is 29.6 Å². The monoisotopic (exact) mass is 278 g/mol. The largest absolute Gasteiger partial charge is 0.384 e. The number of nitrogens with two attached hydrogens (primary N) is 1. The molecule has 0 spiro atoms. The van der Waals surface area contributed by atoms with Gasteiger partial charge in [-0.25, -0.2) is 9.97 Å². The molecule has 0 saturated heterocycles. The van der Waals surface area contributed by atoms with Gasteiger partial charge in [-0.2, -0.15) is 0 Å². The number of aromatic nitrogens is 3. The quantitative estimate of drug-likeness (QED) is 0.527. The lowest BCUT2D eigenvalue weighted by molar-refractivity contribution is 0.899. The maximum atomic E-state index is 5.73. The van der Waals surface area contributed by atoms with Gasteiger partial charge < -0.3 is 5.73 Å². The molecule has 0 aliphatic rings. The zero-order valence-corrected chi connectivity index (χ0v) is 11.9. The van der Waals surface area contributed by atoms with Crippen molar-refractivity contribution in [1.82, 2.24) is 15.0 Å². The first-order valence-electron chi connectivity index (χ1n) is 5.40. The molecule has 2 rings (SSSR count). The summed E-state index contributed by atoms with van der Waals surface area (Å²) >= 11 is 3.11. The van der Waals surface area contributed by atoms with Crippen LogP contribution in [0.1, 0.15) is 11.3 Å². The topological polar surface area (TPSA) is 64.7 Å². The predicted molar refractivity (Wildman–Crippen MR) is 76.8 cm³/mol. The zero-order valence-electron chi connectivity index (χ0n) is 10.3. The lowest BCUT2D eigenvalue weighted by Crippen LogP contribution is -1.96. The van der Waals surface area contributed by atoms with Crippen molar-refractivity contribution in [3.8, 4) is 0 Å². The summed E-state index contributed by atoms with van der Waals surface area (Å²) in [5.74, 6) is 1.26. The number of anilines is 1. The van der Waals surface area contributed by atoms with Crippen molar-refractivity contribution in [1.29, 1.82) is 0 Å². The Balaban J connectivity index is 2.08. The highest BCUT2D eigenvalue weighted by molar-refractivity contribution is 7.99. The SMILES string of the molecule is CSc1cc(N)nc(SCc2cc(C)ccn2)n1. The average molecular weight is 278 g/mol. The number of hydrogen-bond acceptors (Lipinski definition) is 6. The van der Waals surface area contributed by atoms with Crippen LogP contribution in [0.5, 0.6) is 0 Å². The lowest BCUT2D eigenvalue weighted by atomic mass is 10.3. The molecular formula is C12H14N4S2. The third-order valence-corrected chi connectivity index (χ3v) is 3.74. The van der Waals surface area contributed by atoms with Crippen molar-refractivity contribution in [3.05, 3.63) is 35.7 Å². The van der Waals surface area contributed by atoms with E-state index < -0.39 is 0 Å². The van der Waals surface area contributed by atoms with Crippen LogP contribution in [0.2, 0.25) is 0 Å². The molecule has 0 amide bonds. The van der Waals surface area contributed by atoms with Crippen LogP contribution in [0.25, 0.3) is 0 Å². The highest BCUT2D eigenvalue weighted by Gasteiger charge is 2.04. The Hall–Kier alpha value is -1.27. The number of thioether (sulfide) groups is 2. The molecule has 18 heavy (non-hydrogen) atoms. The van der Waals surface area contributed by atoms with E-state index in [-0.39, 0.29) is 0 Å². The van der Waals surface area contributed by atoms with Gasteiger partial charge in [-0.15, -0.1) is 11.8 Å². The van der Waals surface area contributed by atoms with Crippen molar-refractivity contribution in [2.75, 3.05) is 12.0 Å². The number of hydrogen-bond donors (Lipinski definition) is 1. The highest BCUT2D eigenvalue weighted by Crippen LogP contribution is 2.22. The minimum Gasteiger partial charge on any atom is -0.384 e. The molecule has 0 unspecified atom stereocenters. The second-order valence-electron chi connectivity index (χ2n) is 3.73. The molecule has 2 aromatic heterocycles. The zero-order chi connectivity index (χ0) is 13.0. The van der Waals surface area contributed by atoms with Gasteiger partial charge in [-0.3, -0.25) is 4.98 Å². The molecule has 0 aliphatic heterocycles. The third-order valence-electron chi connectivity index (χ3n) is 2.23. The van der Waals surface area contributed by atoms with E-state index >= 15 is 0 Å². The Labute approximate surface area is 115 Å². The summed E-state index contributed by atoms with van der Waals surface area (Å²) in [6.45, 7) is 2.05. The lowest BCUT2D eigenvalue weighted by Gasteiger charge is -2.04. The van der Waals surface area contributed by atoms with Crippen LogP contribution in [-0.4, -0.2) is 21.2 Å². The van der Waals surface area contributed by atoms with E-state index in [4.69, 9.17) is 5.73 Å². The summed E-state index contributed by atoms with van der Waals surface area (Å²) in [5.41, 5.74) is 7.97. The first-order chi connectivity index (χ1) is 8.67. The first-order valence-corrected chi connectivity index (χ1v) is 7.61. The number of aryl methyl sites for hydroxylation is 1. The fourth-order valence-electron chi connectivity index (χ4n) is 1.41. The summed E-state index contributed by atoms with van der Waals surface area (Å²) < 4.78 is 0. The Bertz CT molecular complexity index is 545. The van der Waals surface area contributed by atoms with Crippen LogP contribution in [0.3, 0.4) is 0 Å². The van der Waals surface area contributed by atoms with Gasteiger partial charge in [0.1, 0.15) is 10.8 Å². The maximum absolute atomic E-state index is 5.73. The maximum Gasteiger partial charge on any atom is 0.190 e. The average Bonchev–Trinajstić information content (AvgIpc) is 2.36. The Kier molecular flexibility index (Phi) is 4.43. The minimum absolute atomic E-state index is 0.508. The Morgan fingerprint density at radius 3 is 2.83 bits per heavy atom. The second-order valence-corrected chi connectivity index (χ2v) is 5.50. The predicted octanol–water partition coefficient (Wildman–Crippen LogP) is 2.78. The van der Waals surface area contributed by atoms with Crippen LogP contribution in [-0.2, 0) is 5.75 Å². The summed E-state index contributed by atoms with van der Waals surface area (Å²) in [7, 11) is 0. The molecule has 0 aliphatic carbocycles. The molecule has 0 aromatic carbocycles. The van der Waals surface area contributed by atoms with Crippen LogP contribution in [0.15, 0.2) is 34.6 Å². The van der Waals surface area contributed by atoms with E-state index in [0.717, 1.165) is 16.5 Å². The molecule has 0 atom stereocenters. The fraction of sp³-hybridized carbons (Fsp3) is 0.250. The van der Waals surface area contributed by atoms with Gasteiger partial charge in [0.25, 0.3) is 0 Å². The van der Waals surface area contributed by atoms with E-state index in [1.165, 1.54) is 5.56 Å². The van der Waals surface area contributed by atoms with Gasteiger partial charge >= 0.3 is 0 Å². The molecule has 6 heteroatoms. The van der Waals surface area contributed by atoms with Crippen molar-refractivity contribution >= 4 is 29.3 Å². The molecule has 0 bridgehead atoms. The molecule has 0 fully saturated rings. The molecule has 94 valence electrons. The first kappa shape index (κ1) is 13.2. The fourth-order valence-corrected chi connectivity index (χ4v) is 2.65. The van der Waals surface area contributed by atoms with Gasteiger partial charge in [-0.05, 0) is 30.9 Å². The van der Waals surface area contributed by atoms with Crippen molar-refractivity contribution < 1.29 is 0 Å². The van der Waals surface area contributed by atoms with Crippen LogP contribution in [0.4, 0.5) is 5.82 Å². The highest BCUT2D eigenvalue weighted by atomic mass is 32.2.